The molecule has 1 amide bonds. The Morgan fingerprint density at radius 1 is 1.21 bits per heavy atom. The number of carbonyl (C=O) groups excluding carboxylic acids is 1. The van der Waals surface area contributed by atoms with Crippen molar-refractivity contribution in [3.63, 3.8) is 0 Å². The highest BCUT2D eigenvalue weighted by atomic mass is 19.2. The fourth-order valence-corrected chi connectivity index (χ4v) is 3.00. The largest absolute Gasteiger partial charge is 0.481 e. The lowest BCUT2D eigenvalue weighted by Crippen LogP contribution is -2.39. The van der Waals surface area contributed by atoms with Crippen LogP contribution < -0.4 is 10.1 Å². The van der Waals surface area contributed by atoms with E-state index in [2.05, 4.69) is 11.4 Å². The van der Waals surface area contributed by atoms with E-state index in [-0.39, 0.29) is 17.7 Å². The SMILES string of the molecule is CC(Oc1ccc(F)c(F)c1)C(=O)NC1CCCc2ccccc21. The number of hydrogen-bond donors (Lipinski definition) is 1. The average molecular weight is 331 g/mol. The van der Waals surface area contributed by atoms with Gasteiger partial charge in [0.15, 0.2) is 17.7 Å². The molecule has 24 heavy (non-hydrogen) atoms. The van der Waals surface area contributed by atoms with Gasteiger partial charge in [-0.3, -0.25) is 4.79 Å². The third-order valence-corrected chi connectivity index (χ3v) is 4.26. The number of benzene rings is 2. The first kappa shape index (κ1) is 16.4. The van der Waals surface area contributed by atoms with Crippen molar-refractivity contribution in [3.8, 4) is 5.75 Å². The molecule has 0 fully saturated rings. The Balaban J connectivity index is 1.65. The zero-order valence-electron chi connectivity index (χ0n) is 13.4. The average Bonchev–Trinajstić information content (AvgIpc) is 2.58. The smallest absolute Gasteiger partial charge is 0.261 e. The van der Waals surface area contributed by atoms with E-state index in [0.717, 1.165) is 37.0 Å². The van der Waals surface area contributed by atoms with Crippen LogP contribution in [0, 0.1) is 11.6 Å². The highest BCUT2D eigenvalue weighted by Crippen LogP contribution is 2.29. The van der Waals surface area contributed by atoms with Gasteiger partial charge in [0.25, 0.3) is 5.91 Å². The molecule has 3 rings (SSSR count). The quantitative estimate of drug-likeness (QED) is 0.922. The standard InChI is InChI=1S/C19H19F2NO2/c1-12(24-14-9-10-16(20)17(21)11-14)19(23)22-18-8-4-6-13-5-2-3-7-15(13)18/h2-3,5,7,9-12,18H,4,6,8H2,1H3,(H,22,23). The van der Waals surface area contributed by atoms with Gasteiger partial charge in [-0.1, -0.05) is 24.3 Å². The fraction of sp³-hybridized carbons (Fsp3) is 0.316. The number of fused-ring (bicyclic) bond motifs is 1. The van der Waals surface area contributed by atoms with Crippen LogP contribution in [0.4, 0.5) is 8.78 Å². The Hall–Kier alpha value is -2.43. The number of nitrogens with one attached hydrogen (secondary N) is 1. The van der Waals surface area contributed by atoms with Gasteiger partial charge in [-0.15, -0.1) is 0 Å². The van der Waals surface area contributed by atoms with Crippen molar-refractivity contribution >= 4 is 5.91 Å². The van der Waals surface area contributed by atoms with Gasteiger partial charge in [0.05, 0.1) is 6.04 Å². The molecule has 0 heterocycles. The summed E-state index contributed by atoms with van der Waals surface area (Å²) in [7, 11) is 0. The molecule has 1 aliphatic rings. The van der Waals surface area contributed by atoms with Crippen molar-refractivity contribution < 1.29 is 18.3 Å². The number of aryl methyl sites for hydroxylation is 1. The maximum Gasteiger partial charge on any atom is 0.261 e. The first-order valence-corrected chi connectivity index (χ1v) is 8.04. The summed E-state index contributed by atoms with van der Waals surface area (Å²) >= 11 is 0. The molecule has 2 atom stereocenters. The predicted octanol–water partition coefficient (Wildman–Crippen LogP) is 3.93. The second kappa shape index (κ2) is 6.99. The zero-order chi connectivity index (χ0) is 17.1. The summed E-state index contributed by atoms with van der Waals surface area (Å²) in [5.41, 5.74) is 2.39. The van der Waals surface area contributed by atoms with Gasteiger partial charge in [0.2, 0.25) is 0 Å². The highest BCUT2D eigenvalue weighted by Gasteiger charge is 2.24. The highest BCUT2D eigenvalue weighted by molar-refractivity contribution is 5.81. The van der Waals surface area contributed by atoms with Crippen LogP contribution in [0.5, 0.6) is 5.75 Å². The number of ether oxygens (including phenoxy) is 1. The van der Waals surface area contributed by atoms with E-state index in [1.165, 1.54) is 11.6 Å². The van der Waals surface area contributed by atoms with Crippen LogP contribution in [-0.2, 0) is 11.2 Å². The van der Waals surface area contributed by atoms with E-state index < -0.39 is 17.7 Å². The molecular formula is C19H19F2NO2. The lowest BCUT2D eigenvalue weighted by molar-refractivity contribution is -0.128. The van der Waals surface area contributed by atoms with Crippen molar-refractivity contribution in [1.82, 2.24) is 5.32 Å². The number of rotatable bonds is 4. The molecule has 2 aromatic carbocycles. The minimum Gasteiger partial charge on any atom is -0.481 e. The van der Waals surface area contributed by atoms with Crippen molar-refractivity contribution in [2.45, 2.75) is 38.3 Å². The first-order valence-electron chi connectivity index (χ1n) is 8.04. The minimum absolute atomic E-state index is 0.0431. The Morgan fingerprint density at radius 3 is 2.79 bits per heavy atom. The molecule has 0 aromatic heterocycles. The van der Waals surface area contributed by atoms with Crippen LogP contribution in [0.1, 0.15) is 36.9 Å². The predicted molar refractivity (Wildman–Crippen MR) is 86.7 cm³/mol. The topological polar surface area (TPSA) is 38.3 Å². The number of carbonyl (C=O) groups is 1. The van der Waals surface area contributed by atoms with Gasteiger partial charge >= 0.3 is 0 Å². The second-order valence-corrected chi connectivity index (χ2v) is 5.99. The second-order valence-electron chi connectivity index (χ2n) is 5.99. The summed E-state index contributed by atoms with van der Waals surface area (Å²) in [5, 5.41) is 2.99. The van der Waals surface area contributed by atoms with Gasteiger partial charge in [-0.25, -0.2) is 8.78 Å². The normalized spacial score (nSPS) is 17.7. The van der Waals surface area contributed by atoms with Gasteiger partial charge in [0.1, 0.15) is 5.75 Å². The van der Waals surface area contributed by atoms with E-state index in [9.17, 15) is 13.6 Å². The van der Waals surface area contributed by atoms with Crippen molar-refractivity contribution in [2.24, 2.45) is 0 Å². The van der Waals surface area contributed by atoms with Crippen LogP contribution in [0.15, 0.2) is 42.5 Å². The molecule has 2 unspecified atom stereocenters. The van der Waals surface area contributed by atoms with Crippen LogP contribution in [-0.4, -0.2) is 12.0 Å². The third-order valence-electron chi connectivity index (χ3n) is 4.26. The summed E-state index contributed by atoms with van der Waals surface area (Å²) in [6.07, 6.45) is 2.11. The molecule has 1 aliphatic carbocycles. The van der Waals surface area contributed by atoms with Crippen LogP contribution >= 0.6 is 0 Å². The Morgan fingerprint density at radius 2 is 2.00 bits per heavy atom. The molecule has 0 saturated carbocycles. The monoisotopic (exact) mass is 331 g/mol. The first-order chi connectivity index (χ1) is 11.5. The zero-order valence-corrected chi connectivity index (χ0v) is 13.4. The maximum absolute atomic E-state index is 13.2. The van der Waals surface area contributed by atoms with Crippen molar-refractivity contribution in [3.05, 3.63) is 65.2 Å². The maximum atomic E-state index is 13.2. The van der Waals surface area contributed by atoms with Crippen molar-refractivity contribution in [2.75, 3.05) is 0 Å². The molecule has 0 aliphatic heterocycles. The molecule has 1 N–H and O–H groups in total. The van der Waals surface area contributed by atoms with E-state index in [0.29, 0.717) is 0 Å². The Kier molecular flexibility index (Phi) is 4.79. The summed E-state index contributed by atoms with van der Waals surface area (Å²) < 4.78 is 31.6. The van der Waals surface area contributed by atoms with Gasteiger partial charge in [0, 0.05) is 6.07 Å². The van der Waals surface area contributed by atoms with E-state index >= 15 is 0 Å². The molecular weight excluding hydrogens is 312 g/mol. The van der Waals surface area contributed by atoms with Crippen molar-refractivity contribution in [1.29, 1.82) is 0 Å². The number of halogens is 2. The molecule has 0 spiro atoms. The Bertz CT molecular complexity index is 748. The van der Waals surface area contributed by atoms with E-state index in [1.807, 2.05) is 18.2 Å². The summed E-state index contributed by atoms with van der Waals surface area (Å²) in [5.74, 6) is -2.10. The number of amides is 1. The van der Waals surface area contributed by atoms with E-state index in [1.54, 1.807) is 6.92 Å². The van der Waals surface area contributed by atoms with Gasteiger partial charge < -0.3 is 10.1 Å². The molecule has 0 saturated heterocycles. The minimum atomic E-state index is -0.999. The molecule has 0 bridgehead atoms. The third kappa shape index (κ3) is 3.55. The van der Waals surface area contributed by atoms with Crippen LogP contribution in [0.3, 0.4) is 0 Å². The lowest BCUT2D eigenvalue weighted by Gasteiger charge is -2.27. The van der Waals surface area contributed by atoms with Crippen LogP contribution in [0.2, 0.25) is 0 Å². The van der Waals surface area contributed by atoms with Gasteiger partial charge in [-0.2, -0.15) is 0 Å². The molecule has 3 nitrogen and oxygen atoms in total. The lowest BCUT2D eigenvalue weighted by atomic mass is 9.87. The Labute approximate surface area is 139 Å². The summed E-state index contributed by atoms with van der Waals surface area (Å²) in [6, 6.07) is 11.2. The number of hydrogen-bond acceptors (Lipinski definition) is 2. The molecule has 126 valence electrons. The fourth-order valence-electron chi connectivity index (χ4n) is 3.00. The van der Waals surface area contributed by atoms with Crippen LogP contribution in [0.25, 0.3) is 0 Å². The molecule has 5 heteroatoms. The molecule has 2 aromatic rings. The molecule has 0 radical (unpaired) electrons. The van der Waals surface area contributed by atoms with E-state index in [4.69, 9.17) is 4.74 Å². The summed E-state index contributed by atoms with van der Waals surface area (Å²) in [4.78, 5) is 12.4. The summed E-state index contributed by atoms with van der Waals surface area (Å²) in [6.45, 7) is 1.59. The van der Waals surface area contributed by atoms with Gasteiger partial charge in [-0.05, 0) is 49.4 Å².